The number of carbonyl (C=O) groups is 2. The number of ketones is 2. The van der Waals surface area contributed by atoms with Gasteiger partial charge in [-0.15, -0.1) is 0 Å². The third kappa shape index (κ3) is 2.77. The molecule has 1 aromatic rings. The van der Waals surface area contributed by atoms with Crippen molar-refractivity contribution in [2.24, 2.45) is 0 Å². The van der Waals surface area contributed by atoms with E-state index in [0.717, 1.165) is 6.07 Å². The molecule has 1 saturated heterocycles. The van der Waals surface area contributed by atoms with E-state index in [0.29, 0.717) is 0 Å². The van der Waals surface area contributed by atoms with E-state index in [4.69, 9.17) is 18.9 Å². The second kappa shape index (κ2) is 7.56. The van der Waals surface area contributed by atoms with Crippen LogP contribution < -0.4 is 14.9 Å². The SMILES string of the molecule is CC[C@H](O)C(=O)C1=C2C=C(C)Oc3c4c(c(=O)cc(c32)C1=O)[C@]1(O)[C@H](O4)O[C@H](C)[C@@H](OC)[C@H]1O. The summed E-state index contributed by atoms with van der Waals surface area (Å²) in [7, 11) is 1.34. The van der Waals surface area contributed by atoms with E-state index in [-0.39, 0.29) is 51.5 Å². The van der Waals surface area contributed by atoms with E-state index in [2.05, 4.69) is 0 Å². The zero-order chi connectivity index (χ0) is 24.7. The van der Waals surface area contributed by atoms with Crippen molar-refractivity contribution in [1.82, 2.24) is 0 Å². The van der Waals surface area contributed by atoms with Crippen LogP contribution in [0.5, 0.6) is 11.5 Å². The molecular formula is C24H24O10. The molecule has 0 spiro atoms. The molecule has 6 atom stereocenters. The lowest BCUT2D eigenvalue weighted by Crippen LogP contribution is -2.63. The number of ether oxygens (including phenoxy) is 4. The third-order valence-electron chi connectivity index (χ3n) is 6.83. The number of allylic oxidation sites excluding steroid dienone is 3. The first-order valence-electron chi connectivity index (χ1n) is 10.9. The van der Waals surface area contributed by atoms with Gasteiger partial charge in [-0.1, -0.05) is 6.92 Å². The molecule has 34 heavy (non-hydrogen) atoms. The largest absolute Gasteiger partial charge is 0.457 e. The van der Waals surface area contributed by atoms with E-state index >= 15 is 0 Å². The van der Waals surface area contributed by atoms with Crippen molar-refractivity contribution in [2.75, 3.05) is 7.11 Å². The molecule has 0 saturated carbocycles. The van der Waals surface area contributed by atoms with E-state index in [9.17, 15) is 29.7 Å². The highest BCUT2D eigenvalue weighted by atomic mass is 16.7. The average Bonchev–Trinajstić information content (AvgIpc) is 3.19. The number of hydrogen-bond donors (Lipinski definition) is 3. The van der Waals surface area contributed by atoms with Crippen molar-refractivity contribution in [3.63, 3.8) is 0 Å². The van der Waals surface area contributed by atoms with Crippen molar-refractivity contribution >= 4 is 17.1 Å². The predicted molar refractivity (Wildman–Crippen MR) is 115 cm³/mol. The number of carbonyl (C=O) groups excluding carboxylic acids is 2. The minimum atomic E-state index is -2.30. The summed E-state index contributed by atoms with van der Waals surface area (Å²) in [6.45, 7) is 4.82. The van der Waals surface area contributed by atoms with E-state index < -0.39 is 53.3 Å². The molecule has 10 heteroatoms. The highest BCUT2D eigenvalue weighted by Gasteiger charge is 2.63. The predicted octanol–water partition coefficient (Wildman–Crippen LogP) is 0.334. The van der Waals surface area contributed by atoms with Crippen LogP contribution in [0.15, 0.2) is 28.3 Å². The monoisotopic (exact) mass is 472 g/mol. The van der Waals surface area contributed by atoms with Crippen LogP contribution in [0.2, 0.25) is 0 Å². The molecule has 0 amide bonds. The summed E-state index contributed by atoms with van der Waals surface area (Å²) in [5, 5.41) is 32.7. The molecule has 10 nitrogen and oxygen atoms in total. The lowest BCUT2D eigenvalue weighted by atomic mass is 9.82. The number of aliphatic hydroxyl groups excluding tert-OH is 2. The molecule has 0 aromatic heterocycles. The minimum Gasteiger partial charge on any atom is -0.457 e. The fourth-order valence-electron chi connectivity index (χ4n) is 5.12. The van der Waals surface area contributed by atoms with Crippen LogP contribution in [0.4, 0.5) is 0 Å². The van der Waals surface area contributed by atoms with Crippen LogP contribution in [-0.4, -0.2) is 64.7 Å². The van der Waals surface area contributed by atoms with E-state index in [1.54, 1.807) is 20.8 Å². The highest BCUT2D eigenvalue weighted by Crippen LogP contribution is 2.55. The number of Topliss-reactive ketones (excluding diaryl/α,β-unsaturated/α-hetero) is 2. The van der Waals surface area contributed by atoms with E-state index in [1.165, 1.54) is 13.2 Å². The van der Waals surface area contributed by atoms with Gasteiger partial charge in [0, 0.05) is 23.8 Å². The lowest BCUT2D eigenvalue weighted by molar-refractivity contribution is -0.310. The Morgan fingerprint density at radius 3 is 2.65 bits per heavy atom. The summed E-state index contributed by atoms with van der Waals surface area (Å²) in [6.07, 6.45) is -4.48. The Kier molecular flexibility index (Phi) is 5.08. The van der Waals surface area contributed by atoms with Crippen molar-refractivity contribution in [3.8, 4) is 11.5 Å². The fourth-order valence-corrected chi connectivity index (χ4v) is 5.12. The second-order valence-corrected chi connectivity index (χ2v) is 8.86. The first-order valence-corrected chi connectivity index (χ1v) is 10.9. The van der Waals surface area contributed by atoms with Gasteiger partial charge >= 0.3 is 0 Å². The van der Waals surface area contributed by atoms with Crippen molar-refractivity contribution in [3.05, 3.63) is 50.4 Å². The zero-order valence-electron chi connectivity index (χ0n) is 18.9. The summed E-state index contributed by atoms with van der Waals surface area (Å²) in [6, 6.07) is 0.993. The van der Waals surface area contributed by atoms with Gasteiger partial charge in [0.15, 0.2) is 34.1 Å². The maximum absolute atomic E-state index is 13.4. The average molecular weight is 472 g/mol. The molecule has 3 heterocycles. The molecule has 0 unspecified atom stereocenters. The Morgan fingerprint density at radius 2 is 2.00 bits per heavy atom. The number of fused-ring (bicyclic) bond motifs is 4. The quantitative estimate of drug-likeness (QED) is 0.524. The normalized spacial score (nSPS) is 31.7. The fraction of sp³-hybridized carbons (Fsp3) is 0.458. The maximum Gasteiger partial charge on any atom is 0.236 e. The zero-order valence-corrected chi connectivity index (χ0v) is 18.9. The maximum atomic E-state index is 13.4. The topological polar surface area (TPSA) is 149 Å². The Bertz CT molecular complexity index is 1260. The Morgan fingerprint density at radius 1 is 1.29 bits per heavy atom. The van der Waals surface area contributed by atoms with Gasteiger partial charge in [0.1, 0.15) is 24.1 Å². The van der Waals surface area contributed by atoms with Crippen LogP contribution >= 0.6 is 0 Å². The molecule has 0 radical (unpaired) electrons. The van der Waals surface area contributed by atoms with Gasteiger partial charge in [0.25, 0.3) is 0 Å². The van der Waals surface area contributed by atoms with Gasteiger partial charge < -0.3 is 34.3 Å². The second-order valence-electron chi connectivity index (χ2n) is 8.86. The Balaban J connectivity index is 1.80. The van der Waals surface area contributed by atoms with Crippen molar-refractivity contribution < 1.29 is 43.9 Å². The number of rotatable bonds is 4. The summed E-state index contributed by atoms with van der Waals surface area (Å²) >= 11 is 0. The summed E-state index contributed by atoms with van der Waals surface area (Å²) < 4.78 is 22.7. The first kappa shape index (κ1) is 22.9. The summed E-state index contributed by atoms with van der Waals surface area (Å²) in [4.78, 5) is 39.6. The summed E-state index contributed by atoms with van der Waals surface area (Å²) in [5.41, 5.74) is -3.46. The molecule has 5 rings (SSSR count). The molecule has 3 N–H and O–H groups in total. The smallest absolute Gasteiger partial charge is 0.236 e. The van der Waals surface area contributed by atoms with Gasteiger partial charge in [-0.25, -0.2) is 0 Å². The van der Waals surface area contributed by atoms with Crippen LogP contribution in [0.25, 0.3) is 5.57 Å². The lowest BCUT2D eigenvalue weighted by Gasteiger charge is -2.44. The van der Waals surface area contributed by atoms with Crippen LogP contribution in [0.1, 0.15) is 48.7 Å². The number of aliphatic hydroxyl groups is 3. The van der Waals surface area contributed by atoms with Gasteiger partial charge in [0.2, 0.25) is 6.29 Å². The Hall–Kier alpha value is -2.89. The minimum absolute atomic E-state index is 0.0514. The molecule has 180 valence electrons. The standard InChI is InChI=1S/C24H24O10/c1-5-12(25)18(28)15-10-6-8(2)32-20-14(10)11(17(15)27)7-13(26)16-21(20)34-23-24(16,30)22(29)19(31-4)9(3)33-23/h6-7,9,12,19,22-23,25,29-30H,5H2,1-4H3/t9-,12+,19-,22-,23+,24-/m1/s1. The van der Waals surface area contributed by atoms with Gasteiger partial charge in [-0.2, -0.15) is 0 Å². The molecule has 1 aromatic carbocycles. The number of hydrogen-bond acceptors (Lipinski definition) is 10. The Labute approximate surface area is 194 Å². The van der Waals surface area contributed by atoms with E-state index in [1.807, 2.05) is 0 Å². The van der Waals surface area contributed by atoms with Gasteiger partial charge in [0.05, 0.1) is 17.2 Å². The third-order valence-corrected chi connectivity index (χ3v) is 6.83. The molecule has 3 aliphatic heterocycles. The molecule has 0 bridgehead atoms. The van der Waals surface area contributed by atoms with Gasteiger partial charge in [-0.05, 0) is 32.4 Å². The van der Waals surface area contributed by atoms with Crippen LogP contribution in [0.3, 0.4) is 0 Å². The number of methoxy groups -OCH3 is 1. The molecule has 4 aliphatic rings. The highest BCUT2D eigenvalue weighted by molar-refractivity contribution is 6.37. The molecule has 1 fully saturated rings. The van der Waals surface area contributed by atoms with Crippen molar-refractivity contribution in [1.29, 1.82) is 0 Å². The molecular weight excluding hydrogens is 448 g/mol. The molecule has 1 aliphatic carbocycles. The van der Waals surface area contributed by atoms with Gasteiger partial charge in [-0.3, -0.25) is 14.4 Å². The van der Waals surface area contributed by atoms with Crippen LogP contribution in [0, 0.1) is 0 Å². The summed E-state index contributed by atoms with van der Waals surface area (Å²) in [5.74, 6) is -1.45. The van der Waals surface area contributed by atoms with Crippen LogP contribution in [-0.2, 0) is 19.9 Å². The first-order chi connectivity index (χ1) is 16.1. The van der Waals surface area contributed by atoms with Crippen molar-refractivity contribution in [2.45, 2.75) is 63.5 Å².